The zero-order valence-electron chi connectivity index (χ0n) is 15.3. The number of phenols is 1. The van der Waals surface area contributed by atoms with Gasteiger partial charge >= 0.3 is 0 Å². The number of benzene rings is 1. The van der Waals surface area contributed by atoms with E-state index in [9.17, 15) is 10.2 Å². The van der Waals surface area contributed by atoms with Gasteiger partial charge in [0.15, 0.2) is 0 Å². The zero-order chi connectivity index (χ0) is 17.5. The molecule has 0 spiro atoms. The average molecular weight is 330 g/mol. The van der Waals surface area contributed by atoms with Crippen LogP contribution in [-0.2, 0) is 6.42 Å². The highest BCUT2D eigenvalue weighted by molar-refractivity contribution is 5.42. The van der Waals surface area contributed by atoms with Crippen molar-refractivity contribution in [3.63, 3.8) is 0 Å². The average Bonchev–Trinajstić information content (AvgIpc) is 2.46. The molecule has 4 atom stereocenters. The largest absolute Gasteiger partial charge is 0.508 e. The minimum absolute atomic E-state index is 0.0552. The Morgan fingerprint density at radius 2 is 2.08 bits per heavy atom. The lowest BCUT2D eigenvalue weighted by Crippen LogP contribution is -2.57. The number of hydrogen-bond acceptors (Lipinski definition) is 3. The second kappa shape index (κ2) is 6.11. The van der Waals surface area contributed by atoms with E-state index in [1.807, 2.05) is 6.07 Å². The van der Waals surface area contributed by atoms with Gasteiger partial charge in [0.25, 0.3) is 0 Å². The van der Waals surface area contributed by atoms with Gasteiger partial charge in [0, 0.05) is 17.4 Å². The second-order valence-corrected chi connectivity index (χ2v) is 8.35. The molecule has 0 bridgehead atoms. The minimum Gasteiger partial charge on any atom is -0.508 e. The molecule has 24 heavy (non-hydrogen) atoms. The third-order valence-electron chi connectivity index (χ3n) is 6.18. The molecule has 1 aromatic rings. The van der Waals surface area contributed by atoms with E-state index in [1.54, 1.807) is 12.1 Å². The van der Waals surface area contributed by atoms with Crippen LogP contribution in [0.15, 0.2) is 29.8 Å². The van der Waals surface area contributed by atoms with E-state index < -0.39 is 5.60 Å². The van der Waals surface area contributed by atoms with E-state index in [-0.39, 0.29) is 23.2 Å². The van der Waals surface area contributed by atoms with Gasteiger partial charge in [-0.3, -0.25) is 0 Å². The molecule has 3 rings (SSSR count). The van der Waals surface area contributed by atoms with Crippen molar-refractivity contribution >= 4 is 0 Å². The van der Waals surface area contributed by atoms with Crippen molar-refractivity contribution in [2.24, 2.45) is 11.3 Å². The molecule has 2 N–H and O–H groups in total. The molecule has 1 aliphatic heterocycles. The number of hydrogen-bond donors (Lipinski definition) is 2. The summed E-state index contributed by atoms with van der Waals surface area (Å²) in [5.74, 6) is 1.24. The quantitative estimate of drug-likeness (QED) is 0.739. The molecule has 1 unspecified atom stereocenters. The molecule has 3 heteroatoms. The highest BCUT2D eigenvalue weighted by Gasteiger charge is 2.54. The van der Waals surface area contributed by atoms with Crippen LogP contribution in [0.5, 0.6) is 11.5 Å². The molecule has 1 saturated carbocycles. The Kier molecular flexibility index (Phi) is 4.41. The van der Waals surface area contributed by atoms with Crippen molar-refractivity contribution in [1.29, 1.82) is 0 Å². The van der Waals surface area contributed by atoms with Gasteiger partial charge in [0.05, 0.1) is 5.60 Å². The normalized spacial score (nSPS) is 35.7. The molecule has 0 radical (unpaired) electrons. The summed E-state index contributed by atoms with van der Waals surface area (Å²) in [5.41, 5.74) is 1.16. The van der Waals surface area contributed by atoms with Gasteiger partial charge in [-0.1, -0.05) is 25.8 Å². The number of rotatable bonds is 1. The zero-order valence-corrected chi connectivity index (χ0v) is 15.3. The molecule has 0 saturated heterocycles. The van der Waals surface area contributed by atoms with E-state index in [1.165, 1.54) is 5.57 Å². The number of phenolic OH excluding ortho intramolecular Hbond substituents is 1. The molecule has 0 amide bonds. The molecule has 1 fully saturated rings. The Morgan fingerprint density at radius 1 is 1.33 bits per heavy atom. The first kappa shape index (κ1) is 17.3. The summed E-state index contributed by atoms with van der Waals surface area (Å²) in [6.07, 6.45) is 6.67. The van der Waals surface area contributed by atoms with Crippen LogP contribution in [0.4, 0.5) is 0 Å². The molecule has 0 aromatic heterocycles. The van der Waals surface area contributed by atoms with Gasteiger partial charge in [-0.25, -0.2) is 0 Å². The van der Waals surface area contributed by atoms with Gasteiger partial charge in [-0.2, -0.15) is 0 Å². The first-order valence-electron chi connectivity index (χ1n) is 9.09. The van der Waals surface area contributed by atoms with Crippen LogP contribution in [0.25, 0.3) is 0 Å². The number of aliphatic hydroxyl groups is 1. The number of fused-ring (bicyclic) bond motifs is 2. The summed E-state index contributed by atoms with van der Waals surface area (Å²) in [4.78, 5) is 0. The van der Waals surface area contributed by atoms with Crippen LogP contribution in [-0.4, -0.2) is 21.9 Å². The van der Waals surface area contributed by atoms with Crippen molar-refractivity contribution in [1.82, 2.24) is 0 Å². The van der Waals surface area contributed by atoms with E-state index in [0.717, 1.165) is 37.0 Å². The third kappa shape index (κ3) is 2.95. The Hall–Kier alpha value is -1.48. The molecule has 2 aliphatic rings. The fraction of sp³-hybridized carbons (Fsp3) is 0.619. The SMILES string of the molecule is CC(C)=CC1C[C@@]2(C)CCC[C@H](C)[C@]2(O)Cc2cc(O)ccc2O1. The molecular formula is C21H30O3. The summed E-state index contributed by atoms with van der Waals surface area (Å²) in [7, 11) is 0. The van der Waals surface area contributed by atoms with Crippen LogP contribution in [0.3, 0.4) is 0 Å². The van der Waals surface area contributed by atoms with E-state index in [0.29, 0.717) is 6.42 Å². The van der Waals surface area contributed by atoms with Gasteiger partial charge in [0.1, 0.15) is 17.6 Å². The van der Waals surface area contributed by atoms with Crippen molar-refractivity contribution < 1.29 is 14.9 Å². The first-order valence-corrected chi connectivity index (χ1v) is 9.09. The second-order valence-electron chi connectivity index (χ2n) is 8.35. The predicted octanol–water partition coefficient (Wildman–Crippen LogP) is 4.61. The summed E-state index contributed by atoms with van der Waals surface area (Å²) in [6.45, 7) is 8.54. The van der Waals surface area contributed by atoms with Gasteiger partial charge in [-0.15, -0.1) is 0 Å². The Morgan fingerprint density at radius 3 is 2.79 bits per heavy atom. The summed E-state index contributed by atoms with van der Waals surface area (Å²) in [5, 5.41) is 21.7. The predicted molar refractivity (Wildman–Crippen MR) is 96.3 cm³/mol. The first-order chi connectivity index (χ1) is 11.2. The fourth-order valence-corrected chi connectivity index (χ4v) is 4.74. The Balaban J connectivity index is 2.12. The van der Waals surface area contributed by atoms with Gasteiger partial charge in [-0.05, 0) is 63.3 Å². The molecule has 1 aromatic carbocycles. The Labute approximate surface area is 145 Å². The Bertz CT molecular complexity index is 646. The number of allylic oxidation sites excluding steroid dienone is 1. The minimum atomic E-state index is -0.773. The molecule has 132 valence electrons. The van der Waals surface area contributed by atoms with Crippen molar-refractivity contribution in [2.45, 2.75) is 71.5 Å². The standard InChI is InChI=1S/C21H30O3/c1-14(2)10-18-13-20(4)9-5-6-15(3)21(20,23)12-16-11-17(22)7-8-19(16)24-18/h7-8,10-11,15,18,22-23H,5-6,9,12-13H2,1-4H3/t15-,18?,20+,21+/m0/s1. The topological polar surface area (TPSA) is 49.7 Å². The van der Waals surface area contributed by atoms with Crippen LogP contribution in [0, 0.1) is 11.3 Å². The van der Waals surface area contributed by atoms with Crippen LogP contribution in [0.2, 0.25) is 0 Å². The highest BCUT2D eigenvalue weighted by Crippen LogP contribution is 2.53. The smallest absolute Gasteiger partial charge is 0.123 e. The molecule has 3 nitrogen and oxygen atoms in total. The molecule has 1 heterocycles. The molecule has 1 aliphatic carbocycles. The maximum atomic E-state index is 11.8. The van der Waals surface area contributed by atoms with Crippen LogP contribution in [0.1, 0.15) is 58.9 Å². The summed E-state index contributed by atoms with van der Waals surface area (Å²) in [6, 6.07) is 5.24. The van der Waals surface area contributed by atoms with Gasteiger partial charge < -0.3 is 14.9 Å². The number of aromatic hydroxyl groups is 1. The van der Waals surface area contributed by atoms with Crippen molar-refractivity contribution in [3.05, 3.63) is 35.4 Å². The van der Waals surface area contributed by atoms with Gasteiger partial charge in [0.2, 0.25) is 0 Å². The maximum absolute atomic E-state index is 11.8. The number of ether oxygens (including phenoxy) is 1. The highest BCUT2D eigenvalue weighted by atomic mass is 16.5. The lowest BCUT2D eigenvalue weighted by molar-refractivity contribution is -0.154. The lowest BCUT2D eigenvalue weighted by atomic mass is 9.55. The van der Waals surface area contributed by atoms with E-state index in [2.05, 4.69) is 33.8 Å². The maximum Gasteiger partial charge on any atom is 0.123 e. The van der Waals surface area contributed by atoms with Crippen molar-refractivity contribution in [3.8, 4) is 11.5 Å². The van der Waals surface area contributed by atoms with Crippen LogP contribution >= 0.6 is 0 Å². The summed E-state index contributed by atoms with van der Waals surface area (Å²) < 4.78 is 6.30. The van der Waals surface area contributed by atoms with E-state index >= 15 is 0 Å². The van der Waals surface area contributed by atoms with Crippen LogP contribution < -0.4 is 4.74 Å². The third-order valence-corrected chi connectivity index (χ3v) is 6.18. The van der Waals surface area contributed by atoms with Crippen molar-refractivity contribution in [2.75, 3.05) is 0 Å². The fourth-order valence-electron chi connectivity index (χ4n) is 4.74. The van der Waals surface area contributed by atoms with E-state index in [4.69, 9.17) is 4.74 Å². The lowest BCUT2D eigenvalue weighted by Gasteiger charge is -2.54. The summed E-state index contributed by atoms with van der Waals surface area (Å²) >= 11 is 0. The molecular weight excluding hydrogens is 300 g/mol. The monoisotopic (exact) mass is 330 g/mol.